The molecule has 8 heteroatoms. The van der Waals surface area contributed by atoms with Gasteiger partial charge in [0.25, 0.3) is 0 Å². The number of azide groups is 1. The molecule has 1 saturated heterocycles. The zero-order valence-electron chi connectivity index (χ0n) is 17.6. The number of hydrogen-bond donors (Lipinski definition) is 1. The maximum absolute atomic E-state index is 13.0. The van der Waals surface area contributed by atoms with E-state index in [4.69, 9.17) is 20.7 Å². The molecule has 0 spiro atoms. The van der Waals surface area contributed by atoms with E-state index in [0.717, 1.165) is 0 Å². The molecule has 1 fully saturated rings. The summed E-state index contributed by atoms with van der Waals surface area (Å²) in [6.07, 6.45) is -0.181. The van der Waals surface area contributed by atoms with E-state index < -0.39 is 23.2 Å². The maximum atomic E-state index is 13.0. The Kier molecular flexibility index (Phi) is 7.69. The van der Waals surface area contributed by atoms with Crippen molar-refractivity contribution < 1.29 is 19.1 Å². The summed E-state index contributed by atoms with van der Waals surface area (Å²) in [5.41, 5.74) is 13.1. The summed E-state index contributed by atoms with van der Waals surface area (Å²) in [5, 5.41) is 3.66. The number of cyclic esters (lactones) is 1. The Morgan fingerprint density at radius 2 is 1.96 bits per heavy atom. The predicted octanol–water partition coefficient (Wildman–Crippen LogP) is 3.59. The third kappa shape index (κ3) is 6.11. The van der Waals surface area contributed by atoms with Crippen LogP contribution in [0.3, 0.4) is 0 Å². The van der Waals surface area contributed by atoms with Crippen LogP contribution in [0.25, 0.3) is 10.4 Å². The monoisotopic (exact) mass is 382 g/mol. The van der Waals surface area contributed by atoms with Crippen LogP contribution in [0.15, 0.2) is 5.11 Å². The van der Waals surface area contributed by atoms with Crippen molar-refractivity contribution in [3.8, 4) is 0 Å². The summed E-state index contributed by atoms with van der Waals surface area (Å²) in [7, 11) is 0. The Balaban J connectivity index is 3.21. The molecule has 2 N–H and O–H groups in total. The van der Waals surface area contributed by atoms with Crippen molar-refractivity contribution in [1.29, 1.82) is 0 Å². The molecule has 0 saturated carbocycles. The van der Waals surface area contributed by atoms with Crippen LogP contribution in [0.1, 0.15) is 61.3 Å². The summed E-state index contributed by atoms with van der Waals surface area (Å²) < 4.78 is 11.1. The molecule has 1 heterocycles. The van der Waals surface area contributed by atoms with Gasteiger partial charge in [0, 0.05) is 17.9 Å². The topological polar surface area (TPSA) is 127 Å². The van der Waals surface area contributed by atoms with E-state index in [0.29, 0.717) is 6.42 Å². The van der Waals surface area contributed by atoms with E-state index >= 15 is 0 Å². The van der Waals surface area contributed by atoms with Gasteiger partial charge < -0.3 is 15.2 Å². The van der Waals surface area contributed by atoms with Crippen molar-refractivity contribution in [3.63, 3.8) is 0 Å². The van der Waals surface area contributed by atoms with E-state index in [1.54, 1.807) is 20.8 Å². The molecule has 0 amide bonds. The lowest BCUT2D eigenvalue weighted by Crippen LogP contribution is -2.60. The lowest BCUT2D eigenvalue weighted by atomic mass is 9.76. The average molecular weight is 383 g/mol. The molecule has 0 aliphatic carbocycles. The van der Waals surface area contributed by atoms with Gasteiger partial charge in [0.2, 0.25) is 0 Å². The Hall–Kier alpha value is -1.79. The average Bonchev–Trinajstić information content (AvgIpc) is 2.91. The van der Waals surface area contributed by atoms with E-state index in [9.17, 15) is 9.59 Å². The van der Waals surface area contributed by atoms with Crippen molar-refractivity contribution >= 4 is 11.9 Å². The van der Waals surface area contributed by atoms with Crippen LogP contribution >= 0.6 is 0 Å². The lowest BCUT2D eigenvalue weighted by Gasteiger charge is -2.37. The van der Waals surface area contributed by atoms with Gasteiger partial charge in [-0.05, 0) is 50.5 Å². The first-order chi connectivity index (χ1) is 12.3. The third-order valence-electron chi connectivity index (χ3n) is 5.11. The van der Waals surface area contributed by atoms with Gasteiger partial charge in [0.15, 0.2) is 5.54 Å². The Labute approximate surface area is 161 Å². The van der Waals surface area contributed by atoms with Crippen LogP contribution in [0, 0.1) is 23.7 Å². The van der Waals surface area contributed by atoms with Crippen molar-refractivity contribution in [2.24, 2.45) is 34.5 Å². The fraction of sp³-hybridized carbons (Fsp3) is 0.895. The summed E-state index contributed by atoms with van der Waals surface area (Å²) in [6.45, 7) is 13.4. The molecule has 0 aromatic rings. The zero-order valence-corrected chi connectivity index (χ0v) is 17.6. The number of ether oxygens (including phenoxy) is 2. The molecular formula is C19H34N4O4. The van der Waals surface area contributed by atoms with Crippen molar-refractivity contribution in [2.75, 3.05) is 6.54 Å². The van der Waals surface area contributed by atoms with E-state index in [2.05, 4.69) is 10.0 Å². The Bertz CT molecular complexity index is 593. The van der Waals surface area contributed by atoms with E-state index in [1.807, 2.05) is 27.7 Å². The third-order valence-corrected chi connectivity index (χ3v) is 5.11. The molecule has 4 atom stereocenters. The largest absolute Gasteiger partial charge is 0.460 e. The first-order valence-electron chi connectivity index (χ1n) is 9.55. The molecule has 1 rings (SSSR count). The van der Waals surface area contributed by atoms with Gasteiger partial charge in [0.05, 0.1) is 5.92 Å². The smallest absolute Gasteiger partial charge is 0.330 e. The molecule has 1 aliphatic heterocycles. The van der Waals surface area contributed by atoms with Gasteiger partial charge in [-0.1, -0.05) is 32.8 Å². The van der Waals surface area contributed by atoms with Gasteiger partial charge >= 0.3 is 11.9 Å². The standard InChI is InChI=1S/C19H34N4O4/c1-11(2)13(10-22-23-21)9-19(20,17(25)27-18(5,6)7)15-8-14(12(3)4)16(24)26-15/h11-15H,8-10,20H2,1-7H3/t13-,14+,15+,19+/m1/s1. The number of carbonyl (C=O) groups is 2. The van der Waals surface area contributed by atoms with Gasteiger partial charge in [-0.2, -0.15) is 0 Å². The SMILES string of the molecule is CC(C)[C@@H](CN=[N+]=[N-])C[C@@](N)(C(=O)OC(C)(C)C)[C@@H]1C[C@@H](C(C)C)C(=O)O1. The van der Waals surface area contributed by atoms with Crippen LogP contribution in [-0.4, -0.2) is 35.7 Å². The van der Waals surface area contributed by atoms with Crippen LogP contribution in [0.2, 0.25) is 0 Å². The number of esters is 2. The highest BCUT2D eigenvalue weighted by molar-refractivity contribution is 5.84. The first-order valence-corrected chi connectivity index (χ1v) is 9.55. The molecule has 0 unspecified atom stereocenters. The summed E-state index contributed by atoms with van der Waals surface area (Å²) >= 11 is 0. The number of nitrogens with two attached hydrogens (primary N) is 1. The fourth-order valence-electron chi connectivity index (χ4n) is 3.27. The minimum atomic E-state index is -1.49. The van der Waals surface area contributed by atoms with Gasteiger partial charge in [-0.25, -0.2) is 4.79 Å². The zero-order chi connectivity index (χ0) is 21.0. The van der Waals surface area contributed by atoms with Gasteiger partial charge in [-0.15, -0.1) is 0 Å². The summed E-state index contributed by atoms with van der Waals surface area (Å²) in [5.74, 6) is -1.15. The van der Waals surface area contributed by atoms with E-state index in [1.165, 1.54) is 0 Å². The van der Waals surface area contributed by atoms with Crippen molar-refractivity contribution in [2.45, 2.75) is 78.6 Å². The predicted molar refractivity (Wildman–Crippen MR) is 103 cm³/mol. The second-order valence-corrected chi connectivity index (χ2v) is 9.18. The number of hydrogen-bond acceptors (Lipinski definition) is 6. The number of nitrogens with zero attached hydrogens (tertiary/aromatic N) is 3. The number of carbonyl (C=O) groups excluding carboxylic acids is 2. The molecule has 0 aromatic carbocycles. The minimum Gasteiger partial charge on any atom is -0.460 e. The second kappa shape index (κ2) is 8.93. The highest BCUT2D eigenvalue weighted by Crippen LogP contribution is 2.37. The first kappa shape index (κ1) is 23.2. The Morgan fingerprint density at radius 1 is 1.37 bits per heavy atom. The molecule has 154 valence electrons. The van der Waals surface area contributed by atoms with Crippen LogP contribution in [0.4, 0.5) is 0 Å². The summed E-state index contributed by atoms with van der Waals surface area (Å²) in [6, 6.07) is 0. The molecule has 0 radical (unpaired) electrons. The highest BCUT2D eigenvalue weighted by Gasteiger charge is 2.53. The molecular weight excluding hydrogens is 348 g/mol. The highest BCUT2D eigenvalue weighted by atomic mass is 16.6. The quantitative estimate of drug-likeness (QED) is 0.297. The normalized spacial score (nSPS) is 23.6. The van der Waals surface area contributed by atoms with Crippen LogP contribution in [0.5, 0.6) is 0 Å². The van der Waals surface area contributed by atoms with Gasteiger partial charge in [-0.3, -0.25) is 4.79 Å². The summed E-state index contributed by atoms with van der Waals surface area (Å²) in [4.78, 5) is 28.1. The Morgan fingerprint density at radius 3 is 2.37 bits per heavy atom. The fourth-order valence-corrected chi connectivity index (χ4v) is 3.27. The minimum absolute atomic E-state index is 0.0921. The van der Waals surface area contributed by atoms with E-state index in [-0.39, 0.29) is 42.6 Å². The van der Waals surface area contributed by atoms with Crippen molar-refractivity contribution in [1.82, 2.24) is 0 Å². The molecule has 27 heavy (non-hydrogen) atoms. The van der Waals surface area contributed by atoms with Crippen LogP contribution in [-0.2, 0) is 19.1 Å². The number of rotatable bonds is 8. The van der Waals surface area contributed by atoms with Crippen molar-refractivity contribution in [3.05, 3.63) is 10.4 Å². The van der Waals surface area contributed by atoms with Crippen LogP contribution < -0.4 is 5.73 Å². The maximum Gasteiger partial charge on any atom is 0.330 e. The molecule has 8 nitrogen and oxygen atoms in total. The molecule has 0 aromatic heterocycles. The lowest BCUT2D eigenvalue weighted by molar-refractivity contribution is -0.170. The van der Waals surface area contributed by atoms with Gasteiger partial charge in [0.1, 0.15) is 11.7 Å². The molecule has 0 bridgehead atoms. The second-order valence-electron chi connectivity index (χ2n) is 9.18. The molecule has 1 aliphatic rings.